The Bertz CT molecular complexity index is 715. The van der Waals surface area contributed by atoms with E-state index >= 15 is 0 Å². The first-order valence-electron chi connectivity index (χ1n) is 7.30. The molecule has 1 aromatic rings. The first-order valence-corrected chi connectivity index (χ1v) is 8.79. The summed E-state index contributed by atoms with van der Waals surface area (Å²) in [4.78, 5) is 6.51. The Balaban J connectivity index is 1.74. The minimum Gasteiger partial charge on any atom is -0.493 e. The Kier molecular flexibility index (Phi) is 4.31. The maximum atomic E-state index is 12.5. The number of guanidine groups is 1. The molecule has 0 radical (unpaired) electrons. The summed E-state index contributed by atoms with van der Waals surface area (Å²) in [5.41, 5.74) is 0. The lowest BCUT2D eigenvalue weighted by Gasteiger charge is -2.26. The number of aliphatic imine (C=N–C) groups is 1. The quantitative estimate of drug-likeness (QED) is 0.802. The van der Waals surface area contributed by atoms with Gasteiger partial charge in [0.2, 0.25) is 5.96 Å². The summed E-state index contributed by atoms with van der Waals surface area (Å²) in [7, 11) is -0.781. The fourth-order valence-electron chi connectivity index (χ4n) is 2.37. The van der Waals surface area contributed by atoms with E-state index in [-0.39, 0.29) is 10.9 Å². The lowest BCUT2D eigenvalue weighted by Crippen LogP contribution is -2.50. The van der Waals surface area contributed by atoms with Crippen LogP contribution in [0, 0.1) is 0 Å². The zero-order chi connectivity index (χ0) is 16.4. The predicted octanol–water partition coefficient (Wildman–Crippen LogP) is 0.321. The number of rotatable bonds is 5. The summed E-state index contributed by atoms with van der Waals surface area (Å²) in [5.74, 6) is 1.09. The topological polar surface area (TPSA) is 92.3 Å². The van der Waals surface area contributed by atoms with Gasteiger partial charge in [0.25, 0.3) is 10.0 Å². The van der Waals surface area contributed by atoms with Crippen molar-refractivity contribution in [1.82, 2.24) is 14.9 Å². The van der Waals surface area contributed by atoms with E-state index in [9.17, 15) is 8.42 Å². The lowest BCUT2D eigenvalue weighted by atomic mass is 10.3. The van der Waals surface area contributed by atoms with Gasteiger partial charge in [0, 0.05) is 12.1 Å². The summed E-state index contributed by atoms with van der Waals surface area (Å²) in [5, 5.41) is 3.00. The van der Waals surface area contributed by atoms with Crippen LogP contribution in [0.5, 0.6) is 11.5 Å². The van der Waals surface area contributed by atoms with Gasteiger partial charge in [0.1, 0.15) is 0 Å². The van der Waals surface area contributed by atoms with Crippen molar-refractivity contribution >= 4 is 16.0 Å². The zero-order valence-electron chi connectivity index (χ0n) is 13.1. The molecule has 0 bridgehead atoms. The number of sulfonamides is 1. The minimum atomic E-state index is -3.74. The van der Waals surface area contributed by atoms with Gasteiger partial charge in [0.05, 0.1) is 32.5 Å². The molecule has 0 saturated heterocycles. The molecule has 1 heterocycles. The summed E-state index contributed by atoms with van der Waals surface area (Å²) in [6, 6.07) is 5.01. The van der Waals surface area contributed by atoms with Crippen molar-refractivity contribution in [3.8, 4) is 11.5 Å². The first kappa shape index (κ1) is 15.9. The zero-order valence-corrected chi connectivity index (χ0v) is 13.9. The van der Waals surface area contributed by atoms with Gasteiger partial charge < -0.3 is 14.8 Å². The highest BCUT2D eigenvalue weighted by Crippen LogP contribution is 2.29. The molecule has 1 aliphatic heterocycles. The third kappa shape index (κ3) is 3.50. The molecule has 3 rings (SSSR count). The highest BCUT2D eigenvalue weighted by molar-refractivity contribution is 7.90. The van der Waals surface area contributed by atoms with Crippen molar-refractivity contribution < 1.29 is 17.9 Å². The van der Waals surface area contributed by atoms with Crippen LogP contribution in [0.4, 0.5) is 0 Å². The lowest BCUT2D eigenvalue weighted by molar-refractivity contribution is 0.253. The smallest absolute Gasteiger partial charge is 0.264 e. The number of nitrogens with one attached hydrogen (secondary N) is 2. The number of hydrogen-bond acceptors (Lipinski definition) is 7. The van der Waals surface area contributed by atoms with Gasteiger partial charge in [0.15, 0.2) is 11.5 Å². The fraction of sp³-hybridized carbons (Fsp3) is 0.500. The number of benzene rings is 1. The number of ether oxygens (including phenoxy) is 2. The van der Waals surface area contributed by atoms with E-state index in [1.54, 1.807) is 6.07 Å². The third-order valence-corrected chi connectivity index (χ3v) is 5.16. The molecule has 23 heavy (non-hydrogen) atoms. The Morgan fingerprint density at radius 1 is 1.26 bits per heavy atom. The van der Waals surface area contributed by atoms with E-state index in [0.29, 0.717) is 30.9 Å². The molecule has 1 saturated carbocycles. The molecule has 126 valence electrons. The first-order chi connectivity index (χ1) is 11.0. The van der Waals surface area contributed by atoms with E-state index < -0.39 is 10.0 Å². The highest BCUT2D eigenvalue weighted by Gasteiger charge is 2.30. The van der Waals surface area contributed by atoms with Crippen molar-refractivity contribution in [3.05, 3.63) is 18.2 Å². The average molecular weight is 340 g/mol. The van der Waals surface area contributed by atoms with Crippen molar-refractivity contribution in [2.24, 2.45) is 4.99 Å². The van der Waals surface area contributed by atoms with Gasteiger partial charge in [-0.2, -0.15) is 0 Å². The van der Waals surface area contributed by atoms with Gasteiger partial charge in [-0.05, 0) is 25.0 Å². The molecule has 0 aromatic heterocycles. The van der Waals surface area contributed by atoms with Crippen LogP contribution in [0.15, 0.2) is 28.1 Å². The van der Waals surface area contributed by atoms with Gasteiger partial charge in [-0.25, -0.2) is 18.1 Å². The fourth-order valence-corrected chi connectivity index (χ4v) is 3.38. The molecule has 2 aliphatic rings. The summed E-state index contributed by atoms with van der Waals surface area (Å²) in [6.45, 7) is 1.10. The maximum absolute atomic E-state index is 12.5. The van der Waals surface area contributed by atoms with E-state index in [2.05, 4.69) is 19.9 Å². The summed E-state index contributed by atoms with van der Waals surface area (Å²) >= 11 is 0. The second-order valence-electron chi connectivity index (χ2n) is 5.43. The standard InChI is InChI=1S/C14H20N4O4S/c1-21-12-6-5-11(7-13(12)22-2)23(19,20)17-14-15-8-18(9-16-14)10-3-4-10/h5-7,10H,3-4,8-9H2,1-2H3,(H2,15,16,17). The van der Waals surface area contributed by atoms with Crippen LogP contribution in [-0.2, 0) is 10.0 Å². The van der Waals surface area contributed by atoms with Crippen LogP contribution in [-0.4, -0.2) is 52.9 Å². The second kappa shape index (κ2) is 6.25. The van der Waals surface area contributed by atoms with Crippen LogP contribution in [0.3, 0.4) is 0 Å². The van der Waals surface area contributed by atoms with Crippen molar-refractivity contribution in [2.45, 2.75) is 23.8 Å². The molecular formula is C14H20N4O4S. The van der Waals surface area contributed by atoms with Crippen molar-refractivity contribution in [1.29, 1.82) is 0 Å². The van der Waals surface area contributed by atoms with E-state index in [1.165, 1.54) is 39.2 Å². The maximum Gasteiger partial charge on any atom is 0.264 e. The van der Waals surface area contributed by atoms with E-state index in [1.807, 2.05) is 0 Å². The predicted molar refractivity (Wildman–Crippen MR) is 85.0 cm³/mol. The normalized spacial score (nSPS) is 18.8. The second-order valence-corrected chi connectivity index (χ2v) is 7.11. The molecular weight excluding hydrogens is 320 g/mol. The van der Waals surface area contributed by atoms with Crippen LogP contribution in [0.2, 0.25) is 0 Å². The Morgan fingerprint density at radius 3 is 2.57 bits per heavy atom. The van der Waals surface area contributed by atoms with Crippen LogP contribution < -0.4 is 19.5 Å². The summed E-state index contributed by atoms with van der Waals surface area (Å²) in [6.07, 6.45) is 2.37. The van der Waals surface area contributed by atoms with Crippen LogP contribution >= 0.6 is 0 Å². The Morgan fingerprint density at radius 2 is 2.00 bits per heavy atom. The van der Waals surface area contributed by atoms with Crippen molar-refractivity contribution in [2.75, 3.05) is 27.6 Å². The molecule has 0 amide bonds. The molecule has 1 fully saturated rings. The molecule has 0 atom stereocenters. The van der Waals surface area contributed by atoms with E-state index in [0.717, 1.165) is 0 Å². The largest absolute Gasteiger partial charge is 0.493 e. The molecule has 0 spiro atoms. The van der Waals surface area contributed by atoms with Gasteiger partial charge >= 0.3 is 0 Å². The van der Waals surface area contributed by atoms with Crippen LogP contribution in [0.1, 0.15) is 12.8 Å². The third-order valence-electron chi connectivity index (χ3n) is 3.82. The molecule has 1 aromatic carbocycles. The number of methoxy groups -OCH3 is 2. The molecule has 0 unspecified atom stereocenters. The SMILES string of the molecule is COc1ccc(S(=O)(=O)NC2=NCN(C3CC3)CN2)cc1OC. The summed E-state index contributed by atoms with van der Waals surface area (Å²) < 4.78 is 37.6. The minimum absolute atomic E-state index is 0.0873. The molecule has 9 heteroatoms. The molecule has 8 nitrogen and oxygen atoms in total. The highest BCUT2D eigenvalue weighted by atomic mass is 32.2. The van der Waals surface area contributed by atoms with Gasteiger partial charge in [-0.1, -0.05) is 0 Å². The van der Waals surface area contributed by atoms with Crippen molar-refractivity contribution in [3.63, 3.8) is 0 Å². The van der Waals surface area contributed by atoms with E-state index in [4.69, 9.17) is 9.47 Å². The van der Waals surface area contributed by atoms with Gasteiger partial charge in [-0.3, -0.25) is 4.90 Å². The molecule has 2 N–H and O–H groups in total. The van der Waals surface area contributed by atoms with Gasteiger partial charge in [-0.15, -0.1) is 0 Å². The Hall–Kier alpha value is -2.00. The number of hydrogen-bond donors (Lipinski definition) is 2. The van der Waals surface area contributed by atoms with Crippen LogP contribution in [0.25, 0.3) is 0 Å². The Labute approximate surface area is 135 Å². The number of nitrogens with zero attached hydrogens (tertiary/aromatic N) is 2. The average Bonchev–Trinajstić information content (AvgIpc) is 3.39. The molecule has 1 aliphatic carbocycles. The monoisotopic (exact) mass is 340 g/mol.